The molecule has 0 saturated carbocycles. The van der Waals surface area contributed by atoms with Gasteiger partial charge in [0.05, 0.1) is 13.0 Å². The second-order valence-electron chi connectivity index (χ2n) is 4.93. The van der Waals surface area contributed by atoms with Gasteiger partial charge < -0.3 is 19.5 Å². The minimum Gasteiger partial charge on any atom is -0.496 e. The van der Waals surface area contributed by atoms with Crippen molar-refractivity contribution < 1.29 is 24.2 Å². The molecule has 1 N–H and O–H groups in total. The molecule has 0 spiro atoms. The molecule has 0 aromatic heterocycles. The number of nitrogens with zero attached hydrogens (tertiary/aromatic N) is 1. The molecule has 0 heterocycles. The summed E-state index contributed by atoms with van der Waals surface area (Å²) in [5, 5.41) is 8.82. The first-order chi connectivity index (χ1) is 9.85. The van der Waals surface area contributed by atoms with Gasteiger partial charge in [-0.15, -0.1) is 0 Å². The highest BCUT2D eigenvalue weighted by Crippen LogP contribution is 2.22. The zero-order valence-electron chi connectivity index (χ0n) is 12.8. The Balaban J connectivity index is 2.52. The Morgan fingerprint density at radius 1 is 1.38 bits per heavy atom. The summed E-state index contributed by atoms with van der Waals surface area (Å²) in [6.45, 7) is 3.46. The maximum absolute atomic E-state index is 11.9. The highest BCUT2D eigenvalue weighted by atomic mass is 16.5. The Labute approximate surface area is 124 Å². The van der Waals surface area contributed by atoms with Crippen LogP contribution in [-0.2, 0) is 9.59 Å². The summed E-state index contributed by atoms with van der Waals surface area (Å²) in [4.78, 5) is 24.0. The highest BCUT2D eigenvalue weighted by Gasteiger charge is 2.17. The maximum atomic E-state index is 11.9. The molecule has 0 aliphatic rings. The molecule has 0 aliphatic heterocycles. The summed E-state index contributed by atoms with van der Waals surface area (Å²) < 4.78 is 10.6. The number of methoxy groups -OCH3 is 1. The predicted molar refractivity (Wildman–Crippen MR) is 77.7 cm³/mol. The number of ether oxygens (including phenoxy) is 2. The standard InChI is InChI=1S/C15H21NO5/c1-10-7-12(5-6-13(10)20-4)21-9-14(17)16(3)8-11(2)15(18)19/h5-7,11H,8-9H2,1-4H3,(H,18,19). The third kappa shape index (κ3) is 4.98. The van der Waals surface area contributed by atoms with Crippen molar-refractivity contribution in [2.45, 2.75) is 13.8 Å². The van der Waals surface area contributed by atoms with Crippen molar-refractivity contribution in [3.8, 4) is 11.5 Å². The van der Waals surface area contributed by atoms with E-state index in [1.807, 2.05) is 6.92 Å². The van der Waals surface area contributed by atoms with Crippen LogP contribution in [0, 0.1) is 12.8 Å². The molecule has 0 radical (unpaired) electrons. The van der Waals surface area contributed by atoms with Crippen LogP contribution in [0.15, 0.2) is 18.2 Å². The summed E-state index contributed by atoms with van der Waals surface area (Å²) in [5.41, 5.74) is 0.912. The molecule has 1 rings (SSSR count). The van der Waals surface area contributed by atoms with E-state index in [0.29, 0.717) is 5.75 Å². The molecule has 0 saturated heterocycles. The molecule has 1 amide bonds. The highest BCUT2D eigenvalue weighted by molar-refractivity contribution is 5.78. The zero-order valence-corrected chi connectivity index (χ0v) is 12.8. The van der Waals surface area contributed by atoms with Gasteiger partial charge in [-0.05, 0) is 30.7 Å². The van der Waals surface area contributed by atoms with E-state index in [1.54, 1.807) is 39.3 Å². The number of aryl methyl sites for hydroxylation is 1. The third-order valence-corrected chi connectivity index (χ3v) is 3.12. The van der Waals surface area contributed by atoms with Crippen LogP contribution >= 0.6 is 0 Å². The van der Waals surface area contributed by atoms with Crippen LogP contribution in [-0.4, -0.2) is 49.2 Å². The molecule has 0 fully saturated rings. The van der Waals surface area contributed by atoms with E-state index in [-0.39, 0.29) is 19.1 Å². The average Bonchev–Trinajstić information content (AvgIpc) is 2.44. The first-order valence-electron chi connectivity index (χ1n) is 6.59. The third-order valence-electron chi connectivity index (χ3n) is 3.12. The van der Waals surface area contributed by atoms with Gasteiger partial charge in [0.25, 0.3) is 5.91 Å². The van der Waals surface area contributed by atoms with Crippen molar-refractivity contribution in [3.05, 3.63) is 23.8 Å². The number of rotatable bonds is 7. The van der Waals surface area contributed by atoms with Gasteiger partial charge in [0.15, 0.2) is 6.61 Å². The summed E-state index contributed by atoms with van der Waals surface area (Å²) in [7, 11) is 3.15. The molecule has 116 valence electrons. The molecule has 1 atom stereocenters. The van der Waals surface area contributed by atoms with Crippen molar-refractivity contribution in [3.63, 3.8) is 0 Å². The lowest BCUT2D eigenvalue weighted by molar-refractivity contribution is -0.143. The summed E-state index contributed by atoms with van der Waals surface area (Å²) in [6.07, 6.45) is 0. The molecule has 1 unspecified atom stereocenters. The van der Waals surface area contributed by atoms with Crippen LogP contribution in [0.2, 0.25) is 0 Å². The Morgan fingerprint density at radius 3 is 2.57 bits per heavy atom. The average molecular weight is 295 g/mol. The van der Waals surface area contributed by atoms with Crippen molar-refractivity contribution >= 4 is 11.9 Å². The second kappa shape index (κ2) is 7.52. The van der Waals surface area contributed by atoms with Crippen LogP contribution in [0.4, 0.5) is 0 Å². The molecule has 1 aromatic carbocycles. The van der Waals surface area contributed by atoms with Crippen molar-refractivity contribution in [1.29, 1.82) is 0 Å². The second-order valence-corrected chi connectivity index (χ2v) is 4.93. The fraction of sp³-hybridized carbons (Fsp3) is 0.467. The zero-order chi connectivity index (χ0) is 16.0. The van der Waals surface area contributed by atoms with Gasteiger partial charge >= 0.3 is 5.97 Å². The summed E-state index contributed by atoms with van der Waals surface area (Å²) >= 11 is 0. The molecule has 6 heteroatoms. The van der Waals surface area contributed by atoms with Crippen LogP contribution < -0.4 is 9.47 Å². The van der Waals surface area contributed by atoms with E-state index in [1.165, 1.54) is 4.90 Å². The minimum atomic E-state index is -0.929. The number of hydrogen-bond donors (Lipinski definition) is 1. The quantitative estimate of drug-likeness (QED) is 0.826. The maximum Gasteiger partial charge on any atom is 0.308 e. The molecule has 0 bridgehead atoms. The van der Waals surface area contributed by atoms with Crippen molar-refractivity contribution in [2.75, 3.05) is 27.3 Å². The van der Waals surface area contributed by atoms with E-state index >= 15 is 0 Å². The minimum absolute atomic E-state index is 0.130. The first kappa shape index (κ1) is 16.8. The van der Waals surface area contributed by atoms with Gasteiger partial charge in [0.1, 0.15) is 11.5 Å². The van der Waals surface area contributed by atoms with E-state index < -0.39 is 11.9 Å². The number of likely N-dealkylation sites (N-methyl/N-ethyl adjacent to an activating group) is 1. The van der Waals surface area contributed by atoms with Gasteiger partial charge in [-0.1, -0.05) is 6.92 Å². The van der Waals surface area contributed by atoms with Gasteiger partial charge in [0.2, 0.25) is 0 Å². The Kier molecular flexibility index (Phi) is 6.02. The normalized spacial score (nSPS) is 11.6. The van der Waals surface area contributed by atoms with Gasteiger partial charge in [-0.25, -0.2) is 0 Å². The van der Waals surface area contributed by atoms with Crippen LogP contribution in [0.3, 0.4) is 0 Å². The van der Waals surface area contributed by atoms with Gasteiger partial charge in [-0.2, -0.15) is 0 Å². The van der Waals surface area contributed by atoms with E-state index in [4.69, 9.17) is 14.6 Å². The van der Waals surface area contributed by atoms with E-state index in [9.17, 15) is 9.59 Å². The number of benzene rings is 1. The lowest BCUT2D eigenvalue weighted by atomic mass is 10.2. The first-order valence-corrected chi connectivity index (χ1v) is 6.59. The molecular weight excluding hydrogens is 274 g/mol. The summed E-state index contributed by atoms with van der Waals surface area (Å²) in [5.74, 6) is -0.484. The number of carbonyl (C=O) groups excluding carboxylic acids is 1. The molecular formula is C15H21NO5. The Bertz CT molecular complexity index is 515. The lowest BCUT2D eigenvalue weighted by Gasteiger charge is -2.19. The largest absolute Gasteiger partial charge is 0.496 e. The van der Waals surface area contributed by atoms with Crippen LogP contribution in [0.25, 0.3) is 0 Å². The van der Waals surface area contributed by atoms with Crippen LogP contribution in [0.1, 0.15) is 12.5 Å². The Hall–Kier alpha value is -2.24. The van der Waals surface area contributed by atoms with Gasteiger partial charge in [-0.3, -0.25) is 9.59 Å². The number of carboxylic acids is 1. The Morgan fingerprint density at radius 2 is 2.05 bits per heavy atom. The van der Waals surface area contributed by atoms with Crippen molar-refractivity contribution in [2.24, 2.45) is 5.92 Å². The fourth-order valence-corrected chi connectivity index (χ4v) is 1.79. The number of carboxylic acid groups (broad SMARTS) is 1. The predicted octanol–water partition coefficient (Wildman–Crippen LogP) is 1.56. The molecule has 6 nitrogen and oxygen atoms in total. The molecule has 21 heavy (non-hydrogen) atoms. The lowest BCUT2D eigenvalue weighted by Crippen LogP contribution is -2.36. The summed E-state index contributed by atoms with van der Waals surface area (Å²) in [6, 6.07) is 5.27. The van der Waals surface area contributed by atoms with E-state index in [2.05, 4.69) is 0 Å². The smallest absolute Gasteiger partial charge is 0.308 e. The SMILES string of the molecule is COc1ccc(OCC(=O)N(C)CC(C)C(=O)O)cc1C. The fourth-order valence-electron chi connectivity index (χ4n) is 1.79. The molecule has 0 aliphatic carbocycles. The van der Waals surface area contributed by atoms with Crippen LogP contribution in [0.5, 0.6) is 11.5 Å². The number of hydrogen-bond acceptors (Lipinski definition) is 4. The van der Waals surface area contributed by atoms with E-state index in [0.717, 1.165) is 11.3 Å². The molecule has 1 aromatic rings. The topological polar surface area (TPSA) is 76.1 Å². The number of aliphatic carboxylic acids is 1. The van der Waals surface area contributed by atoms with Gasteiger partial charge in [0, 0.05) is 13.6 Å². The monoisotopic (exact) mass is 295 g/mol. The van der Waals surface area contributed by atoms with Crippen molar-refractivity contribution in [1.82, 2.24) is 4.90 Å². The number of amides is 1. The number of carbonyl (C=O) groups is 2.